The van der Waals surface area contributed by atoms with Crippen molar-refractivity contribution in [3.63, 3.8) is 0 Å². The van der Waals surface area contributed by atoms with Crippen molar-refractivity contribution in [1.29, 1.82) is 0 Å². The minimum Gasteiger partial charge on any atom is -0.310 e. The third-order valence-corrected chi connectivity index (χ3v) is 16.3. The van der Waals surface area contributed by atoms with E-state index < -0.39 is 0 Å². The molecule has 73 heavy (non-hydrogen) atoms. The van der Waals surface area contributed by atoms with Crippen LogP contribution in [0.5, 0.6) is 0 Å². The van der Waals surface area contributed by atoms with Gasteiger partial charge in [0.25, 0.3) is 0 Å². The van der Waals surface area contributed by atoms with Crippen LogP contribution in [0.15, 0.2) is 243 Å². The maximum absolute atomic E-state index is 2.50. The molecule has 1 aliphatic rings. The van der Waals surface area contributed by atoms with Gasteiger partial charge in [0, 0.05) is 82.6 Å². The Bertz CT molecular complexity index is 4340. The van der Waals surface area contributed by atoms with Crippen LogP contribution in [-0.2, 0) is 5.41 Å². The molecule has 0 bridgehead atoms. The van der Waals surface area contributed by atoms with E-state index in [1.165, 1.54) is 110 Å². The fourth-order valence-corrected chi connectivity index (χ4v) is 13.1. The van der Waals surface area contributed by atoms with E-state index in [9.17, 15) is 0 Å². The normalized spacial score (nSPS) is 13.2. The lowest BCUT2D eigenvalue weighted by atomic mass is 9.82. The predicted molar refractivity (Wildman–Crippen MR) is 308 cm³/mol. The Kier molecular flexibility index (Phi) is 8.20. The standard InChI is InChI=1S/C69H46N4/c1-69(2)61-23-11-6-18-51(61)56-38-48(36-37-62(56)69)70(45-30-28-44(29-31-45)43-16-4-3-5-17-43)46-32-34-47(35-33-46)71(49-39-57-52-19-7-12-24-63(52)72-64-25-13-8-20-53(64)58(40-49)67(57)72)50-41-59-54-21-9-14-26-65(54)73-66-27-15-10-22-55(66)60(42-50)68(59)73/h3-42H,1-2H3. The second kappa shape index (κ2) is 14.8. The predicted octanol–water partition coefficient (Wildman–Crippen LogP) is 18.9. The molecule has 0 aliphatic heterocycles. The van der Waals surface area contributed by atoms with Crippen molar-refractivity contribution in [2.45, 2.75) is 19.3 Å². The quantitative estimate of drug-likeness (QED) is 0.158. The van der Waals surface area contributed by atoms with Crippen LogP contribution in [0, 0.1) is 0 Å². The highest BCUT2D eigenvalue weighted by Gasteiger charge is 2.36. The maximum Gasteiger partial charge on any atom is 0.0622 e. The Morgan fingerprint density at radius 3 is 1.11 bits per heavy atom. The molecule has 0 radical (unpaired) electrons. The van der Waals surface area contributed by atoms with E-state index >= 15 is 0 Å². The fourth-order valence-electron chi connectivity index (χ4n) is 13.1. The first-order chi connectivity index (χ1) is 36.0. The van der Waals surface area contributed by atoms with Gasteiger partial charge in [0.05, 0.1) is 33.1 Å². The average molecular weight is 931 g/mol. The Morgan fingerprint density at radius 1 is 0.274 bits per heavy atom. The van der Waals surface area contributed by atoms with Crippen LogP contribution >= 0.6 is 0 Å². The van der Waals surface area contributed by atoms with E-state index in [0.29, 0.717) is 0 Å². The molecule has 11 aromatic carbocycles. The second-order valence-electron chi connectivity index (χ2n) is 20.5. The summed E-state index contributed by atoms with van der Waals surface area (Å²) >= 11 is 0. The zero-order chi connectivity index (χ0) is 48.1. The number of rotatable bonds is 7. The van der Waals surface area contributed by atoms with Gasteiger partial charge in [-0.3, -0.25) is 0 Å². The lowest BCUT2D eigenvalue weighted by Crippen LogP contribution is -2.15. The molecule has 0 unspecified atom stereocenters. The Hall–Kier alpha value is -9.38. The van der Waals surface area contributed by atoms with Gasteiger partial charge in [-0.05, 0) is 130 Å². The van der Waals surface area contributed by atoms with Gasteiger partial charge in [-0.25, -0.2) is 0 Å². The lowest BCUT2D eigenvalue weighted by molar-refractivity contribution is 0.660. The number of aromatic nitrogens is 2. The van der Waals surface area contributed by atoms with Crippen molar-refractivity contribution in [2.24, 2.45) is 0 Å². The number of hydrogen-bond acceptors (Lipinski definition) is 2. The van der Waals surface area contributed by atoms with Gasteiger partial charge in [0.15, 0.2) is 0 Å². The molecule has 0 saturated carbocycles. The number of anilines is 6. The molecule has 0 amide bonds. The summed E-state index contributed by atoms with van der Waals surface area (Å²) in [6.45, 7) is 4.71. The van der Waals surface area contributed by atoms with Crippen LogP contribution in [0.2, 0.25) is 0 Å². The maximum atomic E-state index is 2.50. The van der Waals surface area contributed by atoms with E-state index in [-0.39, 0.29) is 5.41 Å². The van der Waals surface area contributed by atoms with Gasteiger partial charge in [-0.15, -0.1) is 0 Å². The average Bonchev–Trinajstić information content (AvgIpc) is 4.22. The Labute approximate surface area is 422 Å². The highest BCUT2D eigenvalue weighted by atomic mass is 15.2. The first kappa shape index (κ1) is 40.4. The lowest BCUT2D eigenvalue weighted by Gasteiger charge is -2.29. The highest BCUT2D eigenvalue weighted by Crippen LogP contribution is 2.52. The van der Waals surface area contributed by atoms with Gasteiger partial charge in [0.1, 0.15) is 0 Å². The molecule has 4 nitrogen and oxygen atoms in total. The van der Waals surface area contributed by atoms with Gasteiger partial charge in [0.2, 0.25) is 0 Å². The molecule has 0 spiro atoms. The first-order valence-corrected chi connectivity index (χ1v) is 25.4. The summed E-state index contributed by atoms with van der Waals surface area (Å²) in [6.07, 6.45) is 0. The van der Waals surface area contributed by atoms with E-state index in [4.69, 9.17) is 0 Å². The first-order valence-electron chi connectivity index (χ1n) is 25.4. The number of para-hydroxylation sites is 4. The molecule has 4 aromatic heterocycles. The van der Waals surface area contributed by atoms with Crippen molar-refractivity contribution in [1.82, 2.24) is 8.80 Å². The number of fused-ring (bicyclic) bond motifs is 15. The molecule has 15 aromatic rings. The topological polar surface area (TPSA) is 15.3 Å². The van der Waals surface area contributed by atoms with Crippen LogP contribution in [0.25, 0.3) is 98.4 Å². The summed E-state index contributed by atoms with van der Waals surface area (Å²) in [5.41, 5.74) is 21.7. The van der Waals surface area contributed by atoms with E-state index in [0.717, 1.165) is 34.1 Å². The number of benzene rings is 11. The van der Waals surface area contributed by atoms with E-state index in [1.807, 2.05) is 0 Å². The molecule has 0 saturated heterocycles. The van der Waals surface area contributed by atoms with Gasteiger partial charge < -0.3 is 18.6 Å². The zero-order valence-corrected chi connectivity index (χ0v) is 40.4. The van der Waals surface area contributed by atoms with Crippen molar-refractivity contribution >= 4 is 110 Å². The Morgan fingerprint density at radius 2 is 0.630 bits per heavy atom. The van der Waals surface area contributed by atoms with Crippen molar-refractivity contribution in [3.8, 4) is 22.3 Å². The highest BCUT2D eigenvalue weighted by molar-refractivity contribution is 6.26. The van der Waals surface area contributed by atoms with Crippen LogP contribution in [0.4, 0.5) is 34.1 Å². The second-order valence-corrected chi connectivity index (χ2v) is 20.5. The minimum atomic E-state index is -0.0869. The van der Waals surface area contributed by atoms with Gasteiger partial charge >= 0.3 is 0 Å². The van der Waals surface area contributed by atoms with Crippen LogP contribution in [0.1, 0.15) is 25.0 Å². The summed E-state index contributed by atoms with van der Waals surface area (Å²) in [5.74, 6) is 0. The summed E-state index contributed by atoms with van der Waals surface area (Å²) in [5, 5.41) is 10.0. The van der Waals surface area contributed by atoms with E-state index in [1.54, 1.807) is 0 Å². The molecule has 342 valence electrons. The SMILES string of the molecule is CC1(C)c2ccccc2-c2cc(N(c3ccc(-c4ccccc4)cc3)c3ccc(N(c4cc5c6ccccc6n6c7ccccc7c(c4)c56)c4cc5c6ccccc6n6c7ccccc7c(c4)c56)cc3)ccc21. The fraction of sp³-hybridized carbons (Fsp3) is 0.0435. The van der Waals surface area contributed by atoms with Gasteiger partial charge in [-0.1, -0.05) is 159 Å². The summed E-state index contributed by atoms with van der Waals surface area (Å²) in [7, 11) is 0. The molecule has 4 heterocycles. The molecule has 0 fully saturated rings. The Balaban J connectivity index is 0.929. The molecular formula is C69H46N4. The number of nitrogens with zero attached hydrogens (tertiary/aromatic N) is 4. The molecule has 4 heteroatoms. The molecule has 16 rings (SSSR count). The monoisotopic (exact) mass is 930 g/mol. The van der Waals surface area contributed by atoms with Crippen LogP contribution in [0.3, 0.4) is 0 Å². The minimum absolute atomic E-state index is 0.0869. The van der Waals surface area contributed by atoms with Gasteiger partial charge in [-0.2, -0.15) is 0 Å². The zero-order valence-electron chi connectivity index (χ0n) is 40.4. The van der Waals surface area contributed by atoms with Crippen LogP contribution in [-0.4, -0.2) is 8.80 Å². The third-order valence-electron chi connectivity index (χ3n) is 16.3. The largest absolute Gasteiger partial charge is 0.310 e. The van der Waals surface area contributed by atoms with Crippen molar-refractivity contribution in [3.05, 3.63) is 254 Å². The molecule has 0 N–H and O–H groups in total. The van der Waals surface area contributed by atoms with Crippen molar-refractivity contribution < 1.29 is 0 Å². The smallest absolute Gasteiger partial charge is 0.0622 e. The van der Waals surface area contributed by atoms with Crippen LogP contribution < -0.4 is 9.80 Å². The number of hydrogen-bond donors (Lipinski definition) is 0. The summed E-state index contributed by atoms with van der Waals surface area (Å²) in [6, 6.07) is 90.3. The molecule has 0 atom stereocenters. The molecule has 1 aliphatic carbocycles. The summed E-state index contributed by atoms with van der Waals surface area (Å²) in [4.78, 5) is 4.93. The molecular weight excluding hydrogens is 885 g/mol. The third kappa shape index (κ3) is 5.61. The summed E-state index contributed by atoms with van der Waals surface area (Å²) < 4.78 is 4.94. The van der Waals surface area contributed by atoms with E-state index in [2.05, 4.69) is 275 Å². The van der Waals surface area contributed by atoms with Crippen molar-refractivity contribution in [2.75, 3.05) is 9.80 Å².